The summed E-state index contributed by atoms with van der Waals surface area (Å²) in [6.45, 7) is 14.9. The van der Waals surface area contributed by atoms with Gasteiger partial charge in [0.15, 0.2) is 0 Å². The fourth-order valence-corrected chi connectivity index (χ4v) is 4.59. The number of dihydropyridines is 1. The zero-order valence-corrected chi connectivity index (χ0v) is 19.0. The molecule has 1 aromatic rings. The maximum atomic E-state index is 13.5. The molecule has 1 aromatic carbocycles. The van der Waals surface area contributed by atoms with Crippen molar-refractivity contribution in [1.82, 2.24) is 20.5 Å². The van der Waals surface area contributed by atoms with Gasteiger partial charge in [0.25, 0.3) is 0 Å². The first-order valence-corrected chi connectivity index (χ1v) is 11.3. The summed E-state index contributed by atoms with van der Waals surface area (Å²) in [7, 11) is 0. The summed E-state index contributed by atoms with van der Waals surface area (Å²) in [6, 6.07) is 7.28. The number of nitrogens with zero attached hydrogens (tertiary/aromatic N) is 2. The Balaban J connectivity index is 1.96. The first-order chi connectivity index (χ1) is 15.0. The quantitative estimate of drug-likeness (QED) is 0.336. The van der Waals surface area contributed by atoms with E-state index < -0.39 is 0 Å². The van der Waals surface area contributed by atoms with Gasteiger partial charge in [-0.2, -0.15) is 0 Å². The number of halogens is 1. The van der Waals surface area contributed by atoms with Gasteiger partial charge in [0.2, 0.25) is 0 Å². The molecule has 2 heterocycles. The van der Waals surface area contributed by atoms with Crippen LogP contribution in [0.1, 0.15) is 39.2 Å². The number of nitrogens with one attached hydrogen (secondary N) is 2. The molecule has 31 heavy (non-hydrogen) atoms. The van der Waals surface area contributed by atoms with E-state index in [1.807, 2.05) is 12.3 Å². The molecule has 1 fully saturated rings. The van der Waals surface area contributed by atoms with Crippen molar-refractivity contribution >= 4 is 5.57 Å². The van der Waals surface area contributed by atoms with Gasteiger partial charge in [0.05, 0.1) is 0 Å². The first kappa shape index (κ1) is 23.1. The van der Waals surface area contributed by atoms with E-state index >= 15 is 0 Å². The van der Waals surface area contributed by atoms with Crippen LogP contribution >= 0.6 is 0 Å². The molecule has 0 bridgehead atoms. The number of allylic oxidation sites excluding steroid dienone is 4. The van der Waals surface area contributed by atoms with Crippen molar-refractivity contribution in [2.24, 2.45) is 5.84 Å². The maximum absolute atomic E-state index is 13.5. The monoisotopic (exact) mass is 425 g/mol. The Morgan fingerprint density at radius 2 is 1.87 bits per heavy atom. The predicted octanol–water partition coefficient (Wildman–Crippen LogP) is 3.75. The zero-order valence-electron chi connectivity index (χ0n) is 19.0. The summed E-state index contributed by atoms with van der Waals surface area (Å²) < 4.78 is 13.5. The maximum Gasteiger partial charge on any atom is 0.124 e. The molecule has 0 saturated carbocycles. The standard InChI is InChI=1S/C25H36FN5/c1-5-30(6-2)23-12-15-31(16-13-23)25(29-27)24(21-11-14-28-18(3)17-21)19(4)20-7-9-22(26)10-8-20/h7-11,14,17-18,23,28-29H,4-6,12-13,15-16,27H2,1-3H3/b25-24-. The largest absolute Gasteiger partial charge is 0.385 e. The summed E-state index contributed by atoms with van der Waals surface area (Å²) >= 11 is 0. The highest BCUT2D eigenvalue weighted by molar-refractivity contribution is 5.84. The van der Waals surface area contributed by atoms with Crippen molar-refractivity contribution in [3.05, 3.63) is 77.5 Å². The molecule has 0 spiro atoms. The number of hydrogen-bond donors (Lipinski definition) is 3. The summed E-state index contributed by atoms with van der Waals surface area (Å²) in [4.78, 5) is 4.86. The van der Waals surface area contributed by atoms with Crippen LogP contribution in [0, 0.1) is 5.82 Å². The third kappa shape index (κ3) is 5.38. The van der Waals surface area contributed by atoms with E-state index in [-0.39, 0.29) is 11.9 Å². The van der Waals surface area contributed by atoms with Gasteiger partial charge in [0.1, 0.15) is 11.6 Å². The van der Waals surface area contributed by atoms with Gasteiger partial charge in [-0.15, -0.1) is 0 Å². The van der Waals surface area contributed by atoms with Crippen molar-refractivity contribution in [1.29, 1.82) is 0 Å². The van der Waals surface area contributed by atoms with Crippen LogP contribution in [0.25, 0.3) is 5.57 Å². The molecule has 0 aromatic heterocycles. The minimum Gasteiger partial charge on any atom is -0.385 e. The summed E-state index contributed by atoms with van der Waals surface area (Å²) in [5.74, 6) is 6.72. The molecule has 3 rings (SSSR count). The molecule has 6 heteroatoms. The number of benzene rings is 1. The van der Waals surface area contributed by atoms with Crippen molar-refractivity contribution in [2.45, 2.75) is 45.7 Å². The Labute approximate surface area is 186 Å². The minimum atomic E-state index is -0.257. The van der Waals surface area contributed by atoms with Crippen molar-refractivity contribution in [3.8, 4) is 0 Å². The van der Waals surface area contributed by atoms with Gasteiger partial charge in [-0.25, -0.2) is 10.2 Å². The second-order valence-corrected chi connectivity index (χ2v) is 8.20. The molecule has 4 N–H and O–H groups in total. The van der Waals surface area contributed by atoms with Gasteiger partial charge in [-0.1, -0.05) is 38.6 Å². The van der Waals surface area contributed by atoms with Crippen LogP contribution in [0.2, 0.25) is 0 Å². The lowest BCUT2D eigenvalue weighted by Crippen LogP contribution is -2.47. The second kappa shape index (κ2) is 10.6. The van der Waals surface area contributed by atoms with E-state index in [4.69, 9.17) is 5.84 Å². The average molecular weight is 426 g/mol. The van der Waals surface area contributed by atoms with Gasteiger partial charge in [0, 0.05) is 30.7 Å². The lowest BCUT2D eigenvalue weighted by Gasteiger charge is -2.40. The van der Waals surface area contributed by atoms with Crippen molar-refractivity contribution in [2.75, 3.05) is 26.2 Å². The minimum absolute atomic E-state index is 0.198. The van der Waals surface area contributed by atoms with Crippen LogP contribution < -0.4 is 16.6 Å². The molecule has 1 saturated heterocycles. The van der Waals surface area contributed by atoms with Crippen LogP contribution in [-0.2, 0) is 0 Å². The van der Waals surface area contributed by atoms with Gasteiger partial charge in [-0.3, -0.25) is 0 Å². The highest BCUT2D eigenvalue weighted by Gasteiger charge is 2.27. The van der Waals surface area contributed by atoms with E-state index in [2.05, 4.69) is 54.0 Å². The molecule has 5 nitrogen and oxygen atoms in total. The third-order valence-electron chi connectivity index (χ3n) is 6.32. The lowest BCUT2D eigenvalue weighted by molar-refractivity contribution is 0.130. The normalized spacial score (nSPS) is 20.3. The summed E-state index contributed by atoms with van der Waals surface area (Å²) in [5.41, 5.74) is 6.69. The highest BCUT2D eigenvalue weighted by atomic mass is 19.1. The topological polar surface area (TPSA) is 56.6 Å². The molecule has 0 radical (unpaired) electrons. The Bertz CT molecular complexity index is 843. The molecule has 0 amide bonds. The van der Waals surface area contributed by atoms with Crippen molar-refractivity contribution in [3.63, 3.8) is 0 Å². The van der Waals surface area contributed by atoms with Crippen LogP contribution in [-0.4, -0.2) is 48.1 Å². The third-order valence-corrected chi connectivity index (χ3v) is 6.32. The first-order valence-electron chi connectivity index (χ1n) is 11.3. The lowest BCUT2D eigenvalue weighted by atomic mass is 9.90. The SMILES string of the molecule is C=C(/C(C1=CC(C)NC=C1)=C(\NN)N1CCC(N(CC)CC)CC1)c1ccc(F)cc1. The predicted molar refractivity (Wildman–Crippen MR) is 127 cm³/mol. The van der Waals surface area contributed by atoms with Crippen molar-refractivity contribution < 1.29 is 4.39 Å². The van der Waals surface area contributed by atoms with Crippen LogP contribution in [0.3, 0.4) is 0 Å². The molecule has 2 aliphatic heterocycles. The fraction of sp³-hybridized carbons (Fsp3) is 0.440. The molecule has 0 aliphatic carbocycles. The zero-order chi connectivity index (χ0) is 22.4. The number of nitrogens with two attached hydrogens (primary N) is 1. The number of rotatable bonds is 8. The summed E-state index contributed by atoms with van der Waals surface area (Å²) in [5, 5.41) is 3.29. The van der Waals surface area contributed by atoms with Gasteiger partial charge in [-0.05, 0) is 74.0 Å². The van der Waals surface area contributed by atoms with E-state index in [0.29, 0.717) is 6.04 Å². The second-order valence-electron chi connectivity index (χ2n) is 8.20. The van der Waals surface area contributed by atoms with Crippen LogP contribution in [0.5, 0.6) is 0 Å². The van der Waals surface area contributed by atoms with Crippen LogP contribution in [0.15, 0.2) is 66.2 Å². The number of hydrogen-bond acceptors (Lipinski definition) is 5. The number of likely N-dealkylation sites (tertiary alicyclic amines) is 1. The number of piperidine rings is 1. The Morgan fingerprint density at radius 1 is 1.23 bits per heavy atom. The van der Waals surface area contributed by atoms with Gasteiger partial charge < -0.3 is 20.5 Å². The Morgan fingerprint density at radius 3 is 2.42 bits per heavy atom. The number of hydrazine groups is 1. The Kier molecular flexibility index (Phi) is 7.93. The fourth-order valence-electron chi connectivity index (χ4n) is 4.59. The van der Waals surface area contributed by atoms with E-state index in [9.17, 15) is 4.39 Å². The molecular formula is C25H36FN5. The Hall–Kier alpha value is -2.57. The molecule has 2 aliphatic rings. The average Bonchev–Trinajstić information content (AvgIpc) is 2.79. The van der Waals surface area contributed by atoms with E-state index in [1.165, 1.54) is 12.1 Å². The van der Waals surface area contributed by atoms with E-state index in [0.717, 1.165) is 67.1 Å². The van der Waals surface area contributed by atoms with Gasteiger partial charge >= 0.3 is 0 Å². The molecule has 168 valence electrons. The molecular weight excluding hydrogens is 389 g/mol. The molecule has 1 atom stereocenters. The van der Waals surface area contributed by atoms with E-state index in [1.54, 1.807) is 12.1 Å². The molecule has 1 unspecified atom stereocenters. The van der Waals surface area contributed by atoms with Crippen LogP contribution in [0.4, 0.5) is 4.39 Å². The smallest absolute Gasteiger partial charge is 0.124 e. The highest BCUT2D eigenvalue weighted by Crippen LogP contribution is 2.33. The summed E-state index contributed by atoms with van der Waals surface area (Å²) in [6.07, 6.45) is 8.36.